The van der Waals surface area contributed by atoms with Crippen LogP contribution in [0.15, 0.2) is 30.0 Å². The van der Waals surface area contributed by atoms with E-state index in [2.05, 4.69) is 24.1 Å². The van der Waals surface area contributed by atoms with Crippen molar-refractivity contribution in [2.45, 2.75) is 20.3 Å². The number of halogens is 1. The van der Waals surface area contributed by atoms with Crippen molar-refractivity contribution >= 4 is 35.3 Å². The molecule has 1 aromatic carbocycles. The number of urea groups is 1. The average Bonchev–Trinajstić information content (AvgIpc) is 2.82. The highest BCUT2D eigenvalue weighted by Gasteiger charge is 2.32. The van der Waals surface area contributed by atoms with Gasteiger partial charge in [0.15, 0.2) is 0 Å². The third kappa shape index (κ3) is 4.05. The number of benzene rings is 1. The zero-order valence-electron chi connectivity index (χ0n) is 13.5. The van der Waals surface area contributed by atoms with E-state index in [1.165, 1.54) is 4.90 Å². The number of hydrogen-bond donors (Lipinski definition) is 1. The number of rotatable bonds is 7. The SMILES string of the molecule is CCN(CC)c1ccc(/C=C2/NC(=O)N(CCCCl)C2=O)cc1. The van der Waals surface area contributed by atoms with E-state index in [9.17, 15) is 9.59 Å². The minimum atomic E-state index is -0.383. The smallest absolute Gasteiger partial charge is 0.329 e. The molecule has 1 aliphatic rings. The fourth-order valence-electron chi connectivity index (χ4n) is 2.53. The van der Waals surface area contributed by atoms with Gasteiger partial charge in [-0.1, -0.05) is 12.1 Å². The number of anilines is 1. The maximum absolute atomic E-state index is 12.2. The first-order valence-corrected chi connectivity index (χ1v) is 8.39. The predicted octanol–water partition coefficient (Wildman–Crippen LogP) is 3.05. The summed E-state index contributed by atoms with van der Waals surface area (Å²) in [6, 6.07) is 7.55. The van der Waals surface area contributed by atoms with E-state index >= 15 is 0 Å². The van der Waals surface area contributed by atoms with Gasteiger partial charge in [0.25, 0.3) is 5.91 Å². The number of nitrogens with one attached hydrogen (secondary N) is 1. The average molecular weight is 336 g/mol. The molecule has 1 aliphatic heterocycles. The summed E-state index contributed by atoms with van der Waals surface area (Å²) in [5.74, 6) is 0.121. The first kappa shape index (κ1) is 17.3. The van der Waals surface area contributed by atoms with Crippen molar-refractivity contribution in [2.75, 3.05) is 30.4 Å². The summed E-state index contributed by atoms with van der Waals surface area (Å²) in [4.78, 5) is 27.5. The Labute approximate surface area is 141 Å². The molecule has 0 aromatic heterocycles. The molecule has 124 valence electrons. The van der Waals surface area contributed by atoms with Gasteiger partial charge in [0.05, 0.1) is 0 Å². The van der Waals surface area contributed by atoms with E-state index in [0.717, 1.165) is 24.3 Å². The third-order valence-corrected chi connectivity index (χ3v) is 4.08. The third-order valence-electron chi connectivity index (χ3n) is 3.81. The summed E-state index contributed by atoms with van der Waals surface area (Å²) in [6.07, 6.45) is 2.29. The van der Waals surface area contributed by atoms with Gasteiger partial charge in [-0.15, -0.1) is 11.6 Å². The predicted molar refractivity (Wildman–Crippen MR) is 93.6 cm³/mol. The highest BCUT2D eigenvalue weighted by Crippen LogP contribution is 2.18. The van der Waals surface area contributed by atoms with E-state index in [-0.39, 0.29) is 11.9 Å². The van der Waals surface area contributed by atoms with E-state index in [1.54, 1.807) is 6.08 Å². The summed E-state index contributed by atoms with van der Waals surface area (Å²) in [6.45, 7) is 6.46. The molecular formula is C17H22ClN3O2. The molecule has 3 amide bonds. The van der Waals surface area contributed by atoms with Gasteiger partial charge in [-0.25, -0.2) is 4.79 Å². The van der Waals surface area contributed by atoms with Crippen LogP contribution in [0.2, 0.25) is 0 Å². The number of carbonyl (C=O) groups excluding carboxylic acids is 2. The summed E-state index contributed by atoms with van der Waals surface area (Å²) in [5, 5.41) is 2.62. The Morgan fingerprint density at radius 3 is 2.39 bits per heavy atom. The van der Waals surface area contributed by atoms with Crippen LogP contribution in [-0.2, 0) is 4.79 Å². The Balaban J connectivity index is 2.13. The molecule has 0 radical (unpaired) electrons. The van der Waals surface area contributed by atoms with Gasteiger partial charge in [0, 0.05) is 31.2 Å². The lowest BCUT2D eigenvalue weighted by molar-refractivity contribution is -0.122. The summed E-state index contributed by atoms with van der Waals surface area (Å²) < 4.78 is 0. The largest absolute Gasteiger partial charge is 0.372 e. The second-order valence-corrected chi connectivity index (χ2v) is 5.63. The van der Waals surface area contributed by atoms with Gasteiger partial charge >= 0.3 is 6.03 Å². The van der Waals surface area contributed by atoms with Crippen LogP contribution in [0, 0.1) is 0 Å². The van der Waals surface area contributed by atoms with Crippen LogP contribution >= 0.6 is 11.6 Å². The minimum absolute atomic E-state index is 0.298. The van der Waals surface area contributed by atoms with E-state index in [4.69, 9.17) is 11.6 Å². The highest BCUT2D eigenvalue weighted by molar-refractivity contribution is 6.18. The second-order valence-electron chi connectivity index (χ2n) is 5.25. The van der Waals surface area contributed by atoms with Crippen molar-refractivity contribution in [3.63, 3.8) is 0 Å². The number of amides is 3. The fraction of sp³-hybridized carbons (Fsp3) is 0.412. The Kier molecular flexibility index (Phi) is 6.04. The Morgan fingerprint density at radius 2 is 1.83 bits per heavy atom. The molecule has 0 aliphatic carbocycles. The van der Waals surface area contributed by atoms with Crippen molar-refractivity contribution in [2.24, 2.45) is 0 Å². The van der Waals surface area contributed by atoms with Crippen molar-refractivity contribution in [3.8, 4) is 0 Å². The molecule has 2 rings (SSSR count). The Hall–Kier alpha value is -2.01. The van der Waals surface area contributed by atoms with Crippen molar-refractivity contribution < 1.29 is 9.59 Å². The maximum atomic E-state index is 12.2. The van der Waals surface area contributed by atoms with Gasteiger partial charge in [0.2, 0.25) is 0 Å². The first-order chi connectivity index (χ1) is 11.1. The topological polar surface area (TPSA) is 52.7 Å². The lowest BCUT2D eigenvalue weighted by Crippen LogP contribution is -2.31. The van der Waals surface area contributed by atoms with Crippen LogP contribution in [0.5, 0.6) is 0 Å². The van der Waals surface area contributed by atoms with Crippen molar-refractivity contribution in [3.05, 3.63) is 35.5 Å². The normalized spacial score (nSPS) is 16.1. The van der Waals surface area contributed by atoms with Gasteiger partial charge in [-0.2, -0.15) is 0 Å². The van der Waals surface area contributed by atoms with Crippen LogP contribution in [0.1, 0.15) is 25.8 Å². The first-order valence-electron chi connectivity index (χ1n) is 7.86. The fourth-order valence-corrected chi connectivity index (χ4v) is 2.65. The molecule has 0 atom stereocenters. The van der Waals surface area contributed by atoms with Crippen LogP contribution in [-0.4, -0.2) is 42.4 Å². The van der Waals surface area contributed by atoms with E-state index < -0.39 is 0 Å². The molecule has 1 fully saturated rings. The highest BCUT2D eigenvalue weighted by atomic mass is 35.5. The molecule has 6 heteroatoms. The quantitative estimate of drug-likeness (QED) is 0.473. The summed E-state index contributed by atoms with van der Waals surface area (Å²) in [5.41, 5.74) is 2.33. The molecule has 0 unspecified atom stereocenters. The van der Waals surface area contributed by atoms with E-state index in [0.29, 0.717) is 24.5 Å². The molecule has 0 saturated carbocycles. The molecule has 0 spiro atoms. The number of nitrogens with zero attached hydrogens (tertiary/aromatic N) is 2. The lowest BCUT2D eigenvalue weighted by atomic mass is 10.1. The Morgan fingerprint density at radius 1 is 1.17 bits per heavy atom. The molecule has 1 saturated heterocycles. The molecule has 1 N–H and O–H groups in total. The van der Waals surface area contributed by atoms with Crippen molar-refractivity contribution in [1.29, 1.82) is 0 Å². The zero-order chi connectivity index (χ0) is 16.8. The van der Waals surface area contributed by atoms with Crippen LogP contribution in [0.25, 0.3) is 6.08 Å². The van der Waals surface area contributed by atoms with Gasteiger partial charge in [0.1, 0.15) is 5.70 Å². The maximum Gasteiger partial charge on any atom is 0.329 e. The number of alkyl halides is 1. The van der Waals surface area contributed by atoms with Crippen LogP contribution in [0.3, 0.4) is 0 Å². The van der Waals surface area contributed by atoms with Gasteiger partial charge < -0.3 is 10.2 Å². The molecule has 0 bridgehead atoms. The van der Waals surface area contributed by atoms with Gasteiger partial charge in [-0.05, 0) is 44.0 Å². The lowest BCUT2D eigenvalue weighted by Gasteiger charge is -2.20. The summed E-state index contributed by atoms with van der Waals surface area (Å²) in [7, 11) is 0. The minimum Gasteiger partial charge on any atom is -0.372 e. The monoisotopic (exact) mass is 335 g/mol. The number of imide groups is 1. The zero-order valence-corrected chi connectivity index (χ0v) is 14.3. The van der Waals surface area contributed by atoms with Crippen LogP contribution in [0.4, 0.5) is 10.5 Å². The summed E-state index contributed by atoms with van der Waals surface area (Å²) >= 11 is 5.62. The number of carbonyl (C=O) groups is 2. The van der Waals surface area contributed by atoms with Crippen LogP contribution < -0.4 is 10.2 Å². The van der Waals surface area contributed by atoms with Crippen molar-refractivity contribution in [1.82, 2.24) is 10.2 Å². The molecule has 1 aromatic rings. The molecular weight excluding hydrogens is 314 g/mol. The number of hydrogen-bond acceptors (Lipinski definition) is 3. The van der Waals surface area contributed by atoms with Gasteiger partial charge in [-0.3, -0.25) is 9.69 Å². The molecule has 23 heavy (non-hydrogen) atoms. The standard InChI is InChI=1S/C17H22ClN3O2/c1-3-20(4-2)14-8-6-13(7-9-14)12-15-16(22)21(11-5-10-18)17(23)19-15/h6-9,12H,3-5,10-11H2,1-2H3,(H,19,23)/b15-12+. The molecule has 5 nitrogen and oxygen atoms in total. The second kappa shape index (κ2) is 8.02. The van der Waals surface area contributed by atoms with E-state index in [1.807, 2.05) is 24.3 Å². The molecule has 1 heterocycles. The Bertz CT molecular complexity index is 594.